The summed E-state index contributed by atoms with van der Waals surface area (Å²) in [6.45, 7) is 9.01. The maximum absolute atomic E-state index is 12.3. The molecule has 0 aromatic heterocycles. The van der Waals surface area contributed by atoms with Crippen molar-refractivity contribution >= 4 is 24.2 Å². The second-order valence-corrected chi connectivity index (χ2v) is 7.79. The number of carbonyl (C=O) groups excluding carboxylic acids is 4. The highest BCUT2D eigenvalue weighted by Gasteiger charge is 2.44. The Kier molecular flexibility index (Phi) is 7.93. The van der Waals surface area contributed by atoms with Crippen LogP contribution in [0.25, 0.3) is 0 Å². The quantitative estimate of drug-likeness (QED) is 0.221. The summed E-state index contributed by atoms with van der Waals surface area (Å²) < 4.78 is 16.2. The number of carbonyl (C=O) groups is 4. The lowest BCUT2D eigenvalue weighted by molar-refractivity contribution is -0.153. The molecule has 0 saturated carbocycles. The van der Waals surface area contributed by atoms with Crippen LogP contribution in [0.15, 0.2) is 35.5 Å². The molecule has 1 saturated heterocycles. The van der Waals surface area contributed by atoms with Crippen LogP contribution in [0.2, 0.25) is 0 Å². The Balaban J connectivity index is 2.38. The summed E-state index contributed by atoms with van der Waals surface area (Å²) in [7, 11) is 0. The van der Waals surface area contributed by atoms with Crippen molar-refractivity contribution in [1.29, 1.82) is 0 Å². The normalized spacial score (nSPS) is 28.3. The molecule has 1 aliphatic carbocycles. The minimum Gasteiger partial charge on any atom is -0.461 e. The minimum atomic E-state index is -0.758. The monoisotopic (exact) mass is 404 g/mol. The van der Waals surface area contributed by atoms with Gasteiger partial charge in [0.2, 0.25) is 0 Å². The van der Waals surface area contributed by atoms with E-state index in [9.17, 15) is 19.2 Å². The van der Waals surface area contributed by atoms with E-state index in [1.54, 1.807) is 12.2 Å². The topological polar surface area (TPSA) is 96.0 Å². The van der Waals surface area contributed by atoms with Gasteiger partial charge in [-0.05, 0) is 36.0 Å². The highest BCUT2D eigenvalue weighted by atomic mass is 16.6. The molecular weight excluding hydrogens is 376 g/mol. The van der Waals surface area contributed by atoms with E-state index in [0.717, 1.165) is 11.9 Å². The standard InChI is InChI=1S/C22H28O7/c1-13(2)8-20(25)28-18-9-16(11-23)6-5-7-17(12-27-15(4)24)10-19-21(18)14(3)22(26)29-19/h6,10-11,13,18-19,21H,3,5,7-9,12H2,1-2,4H3/b16-6+,17-10+/t18-,19+,21+/m0/s1. The molecule has 1 fully saturated rings. The van der Waals surface area contributed by atoms with Gasteiger partial charge >= 0.3 is 17.9 Å². The van der Waals surface area contributed by atoms with Crippen molar-refractivity contribution in [2.24, 2.45) is 11.8 Å². The number of esters is 3. The average molecular weight is 404 g/mol. The molecule has 2 aliphatic rings. The van der Waals surface area contributed by atoms with Gasteiger partial charge in [-0.3, -0.25) is 14.4 Å². The fourth-order valence-electron chi connectivity index (χ4n) is 3.46. The first kappa shape index (κ1) is 22.6. The maximum Gasteiger partial charge on any atom is 0.334 e. The van der Waals surface area contributed by atoms with Crippen molar-refractivity contribution in [3.8, 4) is 0 Å². The van der Waals surface area contributed by atoms with Crippen LogP contribution < -0.4 is 0 Å². The van der Waals surface area contributed by atoms with Crippen molar-refractivity contribution in [2.75, 3.05) is 6.61 Å². The van der Waals surface area contributed by atoms with E-state index in [1.807, 2.05) is 13.8 Å². The number of rotatable bonds is 6. The van der Waals surface area contributed by atoms with Crippen LogP contribution in [0.3, 0.4) is 0 Å². The van der Waals surface area contributed by atoms with Crippen LogP contribution in [0.4, 0.5) is 0 Å². The van der Waals surface area contributed by atoms with Gasteiger partial charge in [-0.25, -0.2) is 4.79 Å². The molecule has 158 valence electrons. The minimum absolute atomic E-state index is 0.0602. The van der Waals surface area contributed by atoms with E-state index in [2.05, 4.69) is 6.58 Å². The van der Waals surface area contributed by atoms with Crippen LogP contribution in [0, 0.1) is 11.8 Å². The SMILES string of the molecule is C=C1C(=O)O[C@@H]2/C=C(/COC(C)=O)CC/C=C(/C=O)C[C@H](OC(=O)CC(C)C)[C@@H]12. The van der Waals surface area contributed by atoms with E-state index in [0.29, 0.717) is 18.4 Å². The van der Waals surface area contributed by atoms with Crippen LogP contribution in [-0.4, -0.2) is 43.0 Å². The van der Waals surface area contributed by atoms with Crippen LogP contribution in [-0.2, 0) is 33.4 Å². The smallest absolute Gasteiger partial charge is 0.334 e. The third-order valence-electron chi connectivity index (χ3n) is 4.84. The lowest BCUT2D eigenvalue weighted by atomic mass is 9.85. The molecule has 0 N–H and O–H groups in total. The van der Waals surface area contributed by atoms with E-state index in [4.69, 9.17) is 14.2 Å². The van der Waals surface area contributed by atoms with E-state index >= 15 is 0 Å². The Bertz CT molecular complexity index is 744. The Labute approximate surface area is 170 Å². The van der Waals surface area contributed by atoms with Gasteiger partial charge in [-0.1, -0.05) is 26.5 Å². The number of fused-ring (bicyclic) bond motifs is 1. The molecule has 0 spiro atoms. The van der Waals surface area contributed by atoms with Gasteiger partial charge in [0.1, 0.15) is 25.1 Å². The third kappa shape index (κ3) is 6.41. The fraction of sp³-hybridized carbons (Fsp3) is 0.545. The number of allylic oxidation sites excluding steroid dienone is 1. The molecule has 0 aromatic rings. The van der Waals surface area contributed by atoms with Crippen molar-refractivity contribution in [2.45, 2.75) is 58.7 Å². The van der Waals surface area contributed by atoms with E-state index < -0.39 is 36.0 Å². The molecule has 0 amide bonds. The van der Waals surface area contributed by atoms with Gasteiger partial charge in [0.15, 0.2) is 0 Å². The number of hydrogen-bond acceptors (Lipinski definition) is 7. The summed E-state index contributed by atoms with van der Waals surface area (Å²) in [5.41, 5.74) is 1.44. The molecule has 3 atom stereocenters. The first-order chi connectivity index (χ1) is 13.7. The summed E-state index contributed by atoms with van der Waals surface area (Å²) in [6, 6.07) is 0. The van der Waals surface area contributed by atoms with Crippen molar-refractivity contribution < 1.29 is 33.4 Å². The molecule has 7 heteroatoms. The molecule has 2 rings (SSSR count). The molecular formula is C22H28O7. The molecule has 0 bridgehead atoms. The summed E-state index contributed by atoms with van der Waals surface area (Å²) in [4.78, 5) is 47.3. The predicted octanol–water partition coefficient (Wildman–Crippen LogP) is 2.84. The molecule has 0 radical (unpaired) electrons. The molecule has 0 aromatic carbocycles. The summed E-state index contributed by atoms with van der Waals surface area (Å²) in [5.74, 6) is -1.89. The second-order valence-electron chi connectivity index (χ2n) is 7.79. The van der Waals surface area contributed by atoms with Gasteiger partial charge in [0.05, 0.1) is 5.92 Å². The van der Waals surface area contributed by atoms with Crippen molar-refractivity contribution in [3.05, 3.63) is 35.5 Å². The van der Waals surface area contributed by atoms with Gasteiger partial charge < -0.3 is 14.2 Å². The van der Waals surface area contributed by atoms with Crippen LogP contribution >= 0.6 is 0 Å². The molecule has 29 heavy (non-hydrogen) atoms. The van der Waals surface area contributed by atoms with E-state index in [1.165, 1.54) is 6.92 Å². The summed E-state index contributed by atoms with van der Waals surface area (Å²) in [6.07, 6.45) is 4.27. The zero-order valence-electron chi connectivity index (χ0n) is 17.1. The zero-order chi connectivity index (χ0) is 21.6. The number of aldehydes is 1. The Hall–Kier alpha value is -2.70. The maximum atomic E-state index is 12.3. The van der Waals surface area contributed by atoms with Gasteiger partial charge in [-0.2, -0.15) is 0 Å². The molecule has 1 aliphatic heterocycles. The van der Waals surface area contributed by atoms with Gasteiger partial charge in [-0.15, -0.1) is 0 Å². The Morgan fingerprint density at radius 2 is 2.10 bits per heavy atom. The van der Waals surface area contributed by atoms with Crippen molar-refractivity contribution in [3.63, 3.8) is 0 Å². The fourth-order valence-corrected chi connectivity index (χ4v) is 3.46. The lowest BCUT2D eigenvalue weighted by Crippen LogP contribution is -2.34. The number of hydrogen-bond donors (Lipinski definition) is 0. The Morgan fingerprint density at radius 3 is 2.72 bits per heavy atom. The van der Waals surface area contributed by atoms with Crippen LogP contribution in [0.5, 0.6) is 0 Å². The molecule has 7 nitrogen and oxygen atoms in total. The first-order valence-electron chi connectivity index (χ1n) is 9.77. The summed E-state index contributed by atoms with van der Waals surface area (Å²) >= 11 is 0. The highest BCUT2D eigenvalue weighted by Crippen LogP contribution is 2.36. The average Bonchev–Trinajstić information content (AvgIpc) is 2.90. The zero-order valence-corrected chi connectivity index (χ0v) is 17.1. The lowest BCUT2D eigenvalue weighted by Gasteiger charge is -2.27. The van der Waals surface area contributed by atoms with Gasteiger partial charge in [0.25, 0.3) is 0 Å². The van der Waals surface area contributed by atoms with Crippen molar-refractivity contribution in [1.82, 2.24) is 0 Å². The molecule has 1 heterocycles. The highest BCUT2D eigenvalue weighted by molar-refractivity contribution is 5.91. The summed E-state index contributed by atoms with van der Waals surface area (Å²) in [5, 5.41) is 0. The Morgan fingerprint density at radius 1 is 1.38 bits per heavy atom. The first-order valence-corrected chi connectivity index (χ1v) is 9.77. The largest absolute Gasteiger partial charge is 0.461 e. The second kappa shape index (κ2) is 10.2. The van der Waals surface area contributed by atoms with Crippen LogP contribution in [0.1, 0.15) is 46.5 Å². The third-order valence-corrected chi connectivity index (χ3v) is 4.84. The number of ether oxygens (including phenoxy) is 3. The van der Waals surface area contributed by atoms with Gasteiger partial charge in [0, 0.05) is 25.3 Å². The van der Waals surface area contributed by atoms with E-state index in [-0.39, 0.29) is 30.9 Å². The predicted molar refractivity (Wildman–Crippen MR) is 105 cm³/mol. The molecule has 0 unspecified atom stereocenters.